The first-order valence-corrected chi connectivity index (χ1v) is 8.63. The Morgan fingerprint density at radius 3 is 1.96 bits per heavy atom. The lowest BCUT2D eigenvalue weighted by molar-refractivity contribution is -0.116. The maximum Gasteiger partial charge on any atom is 0.335 e. The number of hydrogen-bond acceptors (Lipinski definition) is 3. The highest BCUT2D eigenvalue weighted by Gasteiger charge is 2.07. The summed E-state index contributed by atoms with van der Waals surface area (Å²) in [5.74, 6) is -1.12. The molecule has 0 bridgehead atoms. The second-order valence-corrected chi connectivity index (χ2v) is 6.38. The molecule has 27 heavy (non-hydrogen) atoms. The molecule has 7 nitrogen and oxygen atoms in total. The summed E-state index contributed by atoms with van der Waals surface area (Å²) in [5, 5.41) is 17.1. The van der Waals surface area contributed by atoms with Crippen LogP contribution in [0.3, 0.4) is 0 Å². The van der Waals surface area contributed by atoms with Crippen molar-refractivity contribution in [1.29, 1.82) is 0 Å². The van der Waals surface area contributed by atoms with Crippen LogP contribution < -0.4 is 16.0 Å². The molecule has 142 valence electrons. The zero-order valence-electron chi connectivity index (χ0n) is 15.3. The SMILES string of the molecule is CC(C)NC(=O)Nc1ccc(NC(=O)CCc2ccc(C(=O)O)cc2)cc1. The van der Waals surface area contributed by atoms with Crippen LogP contribution in [0.2, 0.25) is 0 Å². The van der Waals surface area contributed by atoms with Crippen LogP contribution in [-0.4, -0.2) is 29.1 Å². The molecule has 0 aliphatic carbocycles. The molecule has 4 N–H and O–H groups in total. The predicted octanol–water partition coefficient (Wildman–Crippen LogP) is 3.49. The maximum atomic E-state index is 12.1. The van der Waals surface area contributed by atoms with Gasteiger partial charge >= 0.3 is 12.0 Å². The molecule has 0 aliphatic rings. The molecule has 2 aromatic carbocycles. The van der Waals surface area contributed by atoms with Gasteiger partial charge in [-0.05, 0) is 62.2 Å². The van der Waals surface area contributed by atoms with E-state index in [1.807, 2.05) is 13.8 Å². The fourth-order valence-electron chi connectivity index (χ4n) is 2.36. The Balaban J connectivity index is 1.81. The molecule has 0 saturated carbocycles. The van der Waals surface area contributed by atoms with Crippen molar-refractivity contribution in [3.63, 3.8) is 0 Å². The molecule has 0 spiro atoms. The molecule has 0 unspecified atom stereocenters. The van der Waals surface area contributed by atoms with Crippen molar-refractivity contribution < 1.29 is 19.5 Å². The second kappa shape index (κ2) is 9.38. The van der Waals surface area contributed by atoms with Gasteiger partial charge in [-0.25, -0.2) is 9.59 Å². The number of aryl methyl sites for hydroxylation is 1. The normalized spacial score (nSPS) is 10.3. The number of anilines is 2. The number of hydrogen-bond donors (Lipinski definition) is 4. The number of carbonyl (C=O) groups is 3. The van der Waals surface area contributed by atoms with E-state index in [0.29, 0.717) is 17.8 Å². The molecular weight excluding hydrogens is 346 g/mol. The van der Waals surface area contributed by atoms with Gasteiger partial charge < -0.3 is 21.1 Å². The van der Waals surface area contributed by atoms with E-state index in [1.54, 1.807) is 36.4 Å². The first-order chi connectivity index (χ1) is 12.8. The third-order valence-corrected chi connectivity index (χ3v) is 3.69. The topological polar surface area (TPSA) is 108 Å². The minimum Gasteiger partial charge on any atom is -0.478 e. The second-order valence-electron chi connectivity index (χ2n) is 6.38. The number of carboxylic acids is 1. The number of aromatic carboxylic acids is 1. The van der Waals surface area contributed by atoms with Crippen LogP contribution in [0.4, 0.5) is 16.2 Å². The van der Waals surface area contributed by atoms with Gasteiger partial charge in [-0.2, -0.15) is 0 Å². The summed E-state index contributed by atoms with van der Waals surface area (Å²) in [6.07, 6.45) is 0.796. The van der Waals surface area contributed by atoms with E-state index in [2.05, 4.69) is 16.0 Å². The smallest absolute Gasteiger partial charge is 0.335 e. The predicted molar refractivity (Wildman–Crippen MR) is 104 cm³/mol. The van der Waals surface area contributed by atoms with Crippen molar-refractivity contribution in [2.45, 2.75) is 32.7 Å². The van der Waals surface area contributed by atoms with E-state index in [9.17, 15) is 14.4 Å². The molecule has 0 atom stereocenters. The van der Waals surface area contributed by atoms with Crippen LogP contribution in [0.5, 0.6) is 0 Å². The minimum atomic E-state index is -0.973. The number of rotatable bonds is 7. The highest BCUT2D eigenvalue weighted by Crippen LogP contribution is 2.14. The number of benzene rings is 2. The quantitative estimate of drug-likeness (QED) is 0.599. The van der Waals surface area contributed by atoms with E-state index in [-0.39, 0.29) is 30.0 Å². The van der Waals surface area contributed by atoms with Crippen molar-refractivity contribution in [3.05, 3.63) is 59.7 Å². The summed E-state index contributed by atoms with van der Waals surface area (Å²) in [5.41, 5.74) is 2.38. The average molecular weight is 369 g/mol. The number of nitrogens with one attached hydrogen (secondary N) is 3. The first kappa shape index (κ1) is 20.0. The molecule has 0 saturated heterocycles. The zero-order valence-corrected chi connectivity index (χ0v) is 15.3. The first-order valence-electron chi connectivity index (χ1n) is 8.63. The molecule has 2 aromatic rings. The van der Waals surface area contributed by atoms with Crippen LogP contribution in [-0.2, 0) is 11.2 Å². The third-order valence-electron chi connectivity index (χ3n) is 3.69. The fraction of sp³-hybridized carbons (Fsp3) is 0.250. The molecule has 0 aromatic heterocycles. The zero-order chi connectivity index (χ0) is 19.8. The van der Waals surface area contributed by atoms with Gasteiger partial charge in [0.05, 0.1) is 5.56 Å². The molecule has 0 heterocycles. The number of amides is 3. The largest absolute Gasteiger partial charge is 0.478 e. The van der Waals surface area contributed by atoms with Crippen molar-refractivity contribution >= 4 is 29.3 Å². The Bertz CT molecular complexity index is 799. The standard InChI is InChI=1S/C20H23N3O4/c1-13(2)21-20(27)23-17-10-8-16(9-11-17)22-18(24)12-5-14-3-6-15(7-4-14)19(25)26/h3-4,6-11,13H,5,12H2,1-2H3,(H,22,24)(H,25,26)(H2,21,23,27). The van der Waals surface area contributed by atoms with E-state index >= 15 is 0 Å². The lowest BCUT2D eigenvalue weighted by Gasteiger charge is -2.11. The molecule has 0 radical (unpaired) electrons. The molecule has 0 fully saturated rings. The number of urea groups is 1. The van der Waals surface area contributed by atoms with Crippen molar-refractivity contribution in [2.75, 3.05) is 10.6 Å². The Morgan fingerprint density at radius 2 is 1.44 bits per heavy atom. The van der Waals surface area contributed by atoms with Gasteiger partial charge in [0.15, 0.2) is 0 Å². The highest BCUT2D eigenvalue weighted by molar-refractivity contribution is 5.92. The molecule has 0 aliphatic heterocycles. The van der Waals surface area contributed by atoms with Gasteiger partial charge in [-0.15, -0.1) is 0 Å². The summed E-state index contributed by atoms with van der Waals surface area (Å²) in [6.45, 7) is 3.75. The van der Waals surface area contributed by atoms with Crippen molar-refractivity contribution in [2.24, 2.45) is 0 Å². The van der Waals surface area contributed by atoms with Gasteiger partial charge in [-0.1, -0.05) is 12.1 Å². The minimum absolute atomic E-state index is 0.0453. The lowest BCUT2D eigenvalue weighted by atomic mass is 10.1. The van der Waals surface area contributed by atoms with Gasteiger partial charge in [0.2, 0.25) is 5.91 Å². The average Bonchev–Trinajstić information content (AvgIpc) is 2.61. The van der Waals surface area contributed by atoms with Crippen LogP contribution in [0, 0.1) is 0 Å². The molecule has 3 amide bonds. The summed E-state index contributed by atoms with van der Waals surface area (Å²) >= 11 is 0. The van der Waals surface area contributed by atoms with Crippen LogP contribution in [0.25, 0.3) is 0 Å². The lowest BCUT2D eigenvalue weighted by Crippen LogP contribution is -2.34. The summed E-state index contributed by atoms with van der Waals surface area (Å²) < 4.78 is 0. The van der Waals surface area contributed by atoms with Crippen molar-refractivity contribution in [1.82, 2.24) is 5.32 Å². The summed E-state index contributed by atoms with van der Waals surface area (Å²) in [4.78, 5) is 34.5. The van der Waals surface area contributed by atoms with E-state index < -0.39 is 5.97 Å². The van der Waals surface area contributed by atoms with Crippen LogP contribution in [0.15, 0.2) is 48.5 Å². The third kappa shape index (κ3) is 6.81. The fourth-order valence-corrected chi connectivity index (χ4v) is 2.36. The number of carboxylic acid groups (broad SMARTS) is 1. The monoisotopic (exact) mass is 369 g/mol. The van der Waals surface area contributed by atoms with Crippen LogP contribution >= 0.6 is 0 Å². The van der Waals surface area contributed by atoms with Gasteiger partial charge in [0.25, 0.3) is 0 Å². The van der Waals surface area contributed by atoms with E-state index in [4.69, 9.17) is 5.11 Å². The highest BCUT2D eigenvalue weighted by atomic mass is 16.4. The number of carbonyl (C=O) groups excluding carboxylic acids is 2. The maximum absolute atomic E-state index is 12.1. The van der Waals surface area contributed by atoms with Crippen molar-refractivity contribution in [3.8, 4) is 0 Å². The van der Waals surface area contributed by atoms with Gasteiger partial charge in [-0.3, -0.25) is 4.79 Å². The Labute approximate surface area is 157 Å². The molecule has 7 heteroatoms. The molecule has 2 rings (SSSR count). The van der Waals surface area contributed by atoms with Crippen LogP contribution in [0.1, 0.15) is 36.2 Å². The Hall–Kier alpha value is -3.35. The van der Waals surface area contributed by atoms with E-state index in [1.165, 1.54) is 12.1 Å². The Kier molecular flexibility index (Phi) is 6.93. The Morgan fingerprint density at radius 1 is 0.889 bits per heavy atom. The summed E-state index contributed by atoms with van der Waals surface area (Å²) in [7, 11) is 0. The molecular formula is C20H23N3O4. The van der Waals surface area contributed by atoms with Gasteiger partial charge in [0.1, 0.15) is 0 Å². The summed E-state index contributed by atoms with van der Waals surface area (Å²) in [6, 6.07) is 13.1. The van der Waals surface area contributed by atoms with Gasteiger partial charge in [0, 0.05) is 23.8 Å². The van der Waals surface area contributed by atoms with E-state index in [0.717, 1.165) is 5.56 Å².